The summed E-state index contributed by atoms with van der Waals surface area (Å²) in [6.07, 6.45) is -2.97. The number of nitrogens with zero attached hydrogens (tertiary/aromatic N) is 1. The number of hydrogen-bond donors (Lipinski definition) is 3. The zero-order valence-electron chi connectivity index (χ0n) is 17.2. The van der Waals surface area contributed by atoms with E-state index in [-0.39, 0.29) is 28.4 Å². The van der Waals surface area contributed by atoms with E-state index in [1.165, 1.54) is 57.1 Å². The Morgan fingerprint density at radius 1 is 1.16 bits per heavy atom. The number of aliphatic hydroxyl groups is 1. The lowest BCUT2D eigenvalue weighted by atomic mass is 9.77. The fourth-order valence-corrected chi connectivity index (χ4v) is 3.59. The van der Waals surface area contributed by atoms with E-state index in [2.05, 4.69) is 10.3 Å². The summed E-state index contributed by atoms with van der Waals surface area (Å²) < 4.78 is 57.6. The van der Waals surface area contributed by atoms with Crippen LogP contribution in [0.25, 0.3) is 0 Å². The number of carbonyl (C=O) groups excluding carboxylic acids is 2. The fourth-order valence-electron chi connectivity index (χ4n) is 3.59. The van der Waals surface area contributed by atoms with Crippen molar-refractivity contribution >= 4 is 11.8 Å². The number of nitrogens with one attached hydrogen (secondary N) is 2. The number of halogens is 3. The number of amides is 2. The molecule has 172 valence electrons. The summed E-state index contributed by atoms with van der Waals surface area (Å²) in [5, 5.41) is 14.4. The van der Waals surface area contributed by atoms with Crippen molar-refractivity contribution in [2.24, 2.45) is 5.92 Å². The maximum absolute atomic E-state index is 14.0. The second kappa shape index (κ2) is 8.54. The molecule has 32 heavy (non-hydrogen) atoms. The number of pyridine rings is 1. The topological polar surface area (TPSA) is 119 Å². The van der Waals surface area contributed by atoms with Gasteiger partial charge < -0.3 is 30.0 Å². The van der Waals surface area contributed by atoms with Crippen LogP contribution in [0.5, 0.6) is 17.2 Å². The summed E-state index contributed by atoms with van der Waals surface area (Å²) in [6, 6.07) is 2.27. The molecule has 3 atom stereocenters. The highest BCUT2D eigenvalue weighted by Crippen LogP contribution is 2.47. The molecule has 2 heterocycles. The lowest BCUT2D eigenvalue weighted by Crippen LogP contribution is -2.72. The minimum Gasteiger partial charge on any atom is -0.493 e. The highest BCUT2D eigenvalue weighted by Gasteiger charge is 2.66. The second-order valence-electron chi connectivity index (χ2n) is 6.88. The van der Waals surface area contributed by atoms with Crippen molar-refractivity contribution in [1.82, 2.24) is 15.6 Å². The molecule has 1 aliphatic heterocycles. The van der Waals surface area contributed by atoms with E-state index in [1.807, 2.05) is 0 Å². The molecular weight excluding hydrogens is 435 g/mol. The van der Waals surface area contributed by atoms with Crippen molar-refractivity contribution < 1.29 is 42.1 Å². The number of ether oxygens (including phenoxy) is 3. The highest BCUT2D eigenvalue weighted by atomic mass is 19.4. The molecule has 3 rings (SSSR count). The highest BCUT2D eigenvalue weighted by molar-refractivity contribution is 6.00. The number of Topliss-reactive ketones (excluding diaryl/α,β-unsaturated/α-hetero) is 1. The third kappa shape index (κ3) is 3.88. The summed E-state index contributed by atoms with van der Waals surface area (Å²) in [7, 11) is 3.93. The zero-order valence-corrected chi connectivity index (χ0v) is 17.2. The molecule has 1 saturated heterocycles. The van der Waals surface area contributed by atoms with Crippen LogP contribution in [0.4, 0.5) is 18.0 Å². The van der Waals surface area contributed by atoms with Crippen molar-refractivity contribution in [3.63, 3.8) is 0 Å². The van der Waals surface area contributed by atoms with Crippen molar-refractivity contribution in [3.8, 4) is 17.2 Å². The number of ketones is 1. The summed E-state index contributed by atoms with van der Waals surface area (Å²) in [5.41, 5.74) is -4.04. The third-order valence-electron chi connectivity index (χ3n) is 5.08. The first kappa shape index (κ1) is 23.1. The largest absolute Gasteiger partial charge is 0.493 e. The molecule has 1 aliphatic rings. The van der Waals surface area contributed by atoms with Crippen LogP contribution >= 0.6 is 0 Å². The summed E-state index contributed by atoms with van der Waals surface area (Å²) in [5.74, 6) is -2.99. The second-order valence-corrected chi connectivity index (χ2v) is 6.88. The van der Waals surface area contributed by atoms with Gasteiger partial charge in [-0.3, -0.25) is 9.78 Å². The van der Waals surface area contributed by atoms with Gasteiger partial charge in [0.2, 0.25) is 11.5 Å². The Bertz CT molecular complexity index is 992. The number of methoxy groups -OCH3 is 3. The van der Waals surface area contributed by atoms with E-state index in [4.69, 9.17) is 14.2 Å². The summed E-state index contributed by atoms with van der Waals surface area (Å²) >= 11 is 0. The van der Waals surface area contributed by atoms with Gasteiger partial charge in [-0.25, -0.2) is 4.79 Å². The SMILES string of the molecule is COc1cc([C@@H]2NC(=O)N[C@@](O)(C(F)(F)F)[C@@H]2C(=O)c2cccnc2)cc(OC)c1OC. The molecule has 0 aliphatic carbocycles. The summed E-state index contributed by atoms with van der Waals surface area (Å²) in [6.45, 7) is 0. The Kier molecular flexibility index (Phi) is 6.17. The number of carbonyl (C=O) groups is 2. The number of alkyl halides is 3. The van der Waals surface area contributed by atoms with Crippen LogP contribution in [-0.4, -0.2) is 55.1 Å². The molecule has 1 fully saturated rings. The number of hydrogen-bond acceptors (Lipinski definition) is 7. The molecule has 0 radical (unpaired) electrons. The van der Waals surface area contributed by atoms with Crippen LogP contribution < -0.4 is 24.8 Å². The Labute approximate surface area is 180 Å². The molecule has 1 aromatic heterocycles. The first-order valence-electron chi connectivity index (χ1n) is 9.19. The maximum atomic E-state index is 14.0. The minimum absolute atomic E-state index is 0.0132. The fraction of sp³-hybridized carbons (Fsp3) is 0.350. The van der Waals surface area contributed by atoms with Crippen LogP contribution in [0.3, 0.4) is 0 Å². The van der Waals surface area contributed by atoms with E-state index in [9.17, 15) is 27.9 Å². The van der Waals surface area contributed by atoms with Crippen LogP contribution in [0.15, 0.2) is 36.7 Å². The standard InChI is InChI=1S/C20H20F3N3O6/c1-30-12-7-11(8-13(31-2)17(12)32-3)15-14(16(27)10-5-4-6-24-9-10)19(29,20(21,22)23)26-18(28)25-15/h4-9,14-15,29H,1-3H3,(H2,25,26,28)/t14-,15-,19-/m0/s1. The molecule has 3 N–H and O–H groups in total. The van der Waals surface area contributed by atoms with Gasteiger partial charge in [-0.1, -0.05) is 0 Å². The first-order valence-corrected chi connectivity index (χ1v) is 9.19. The van der Waals surface area contributed by atoms with E-state index >= 15 is 0 Å². The quantitative estimate of drug-likeness (QED) is 0.572. The number of aromatic nitrogens is 1. The average Bonchev–Trinajstić information content (AvgIpc) is 2.76. The lowest BCUT2D eigenvalue weighted by Gasteiger charge is -2.45. The molecule has 0 saturated carbocycles. The van der Waals surface area contributed by atoms with Gasteiger partial charge in [0.15, 0.2) is 17.3 Å². The van der Waals surface area contributed by atoms with Crippen LogP contribution in [0.2, 0.25) is 0 Å². The van der Waals surface area contributed by atoms with Gasteiger partial charge >= 0.3 is 12.2 Å². The predicted octanol–water partition coefficient (Wildman–Crippen LogP) is 2.21. The predicted molar refractivity (Wildman–Crippen MR) is 104 cm³/mol. The van der Waals surface area contributed by atoms with Gasteiger partial charge in [0.1, 0.15) is 5.92 Å². The molecule has 2 amide bonds. The molecule has 0 bridgehead atoms. The van der Waals surface area contributed by atoms with Gasteiger partial charge in [0.05, 0.1) is 27.4 Å². The smallest absolute Gasteiger partial charge is 0.437 e. The van der Waals surface area contributed by atoms with Crippen molar-refractivity contribution in [3.05, 3.63) is 47.8 Å². The maximum Gasteiger partial charge on any atom is 0.437 e. The van der Waals surface area contributed by atoms with Gasteiger partial charge in [0.25, 0.3) is 0 Å². The van der Waals surface area contributed by atoms with Crippen molar-refractivity contribution in [1.29, 1.82) is 0 Å². The Hall–Kier alpha value is -3.54. The molecule has 2 aromatic rings. The third-order valence-corrected chi connectivity index (χ3v) is 5.08. The Balaban J connectivity index is 2.24. The first-order chi connectivity index (χ1) is 15.1. The van der Waals surface area contributed by atoms with Crippen molar-refractivity contribution in [2.75, 3.05) is 21.3 Å². The van der Waals surface area contributed by atoms with E-state index in [1.54, 1.807) is 0 Å². The molecular formula is C20H20F3N3O6. The monoisotopic (exact) mass is 455 g/mol. The Morgan fingerprint density at radius 3 is 2.25 bits per heavy atom. The van der Waals surface area contributed by atoms with E-state index in [0.29, 0.717) is 0 Å². The van der Waals surface area contributed by atoms with E-state index < -0.39 is 35.7 Å². The van der Waals surface area contributed by atoms with Crippen molar-refractivity contribution in [2.45, 2.75) is 17.9 Å². The number of rotatable bonds is 6. The minimum atomic E-state index is -5.38. The molecule has 0 unspecified atom stereocenters. The summed E-state index contributed by atoms with van der Waals surface area (Å²) in [4.78, 5) is 29.1. The number of benzene rings is 1. The molecule has 9 nitrogen and oxygen atoms in total. The van der Waals surface area contributed by atoms with E-state index in [0.717, 1.165) is 6.20 Å². The average molecular weight is 455 g/mol. The van der Waals surface area contributed by atoms with Gasteiger partial charge in [-0.15, -0.1) is 0 Å². The lowest BCUT2D eigenvalue weighted by molar-refractivity contribution is -0.287. The normalized spacial score (nSPS) is 23.0. The zero-order chi connectivity index (χ0) is 23.7. The molecule has 0 spiro atoms. The van der Waals surface area contributed by atoms with Gasteiger partial charge in [-0.05, 0) is 29.8 Å². The molecule has 12 heteroatoms. The van der Waals surface area contributed by atoms with Crippen LogP contribution in [-0.2, 0) is 0 Å². The van der Waals surface area contributed by atoms with Gasteiger partial charge in [0, 0.05) is 18.0 Å². The number of urea groups is 1. The van der Waals surface area contributed by atoms with Crippen LogP contribution in [0, 0.1) is 5.92 Å². The van der Waals surface area contributed by atoms with Crippen LogP contribution in [0.1, 0.15) is 22.0 Å². The molecule has 1 aromatic carbocycles. The Morgan fingerprint density at radius 2 is 1.78 bits per heavy atom. The van der Waals surface area contributed by atoms with Gasteiger partial charge in [-0.2, -0.15) is 13.2 Å².